The smallest absolute Gasteiger partial charge is 0.356 e. The molecule has 2 aromatic heterocycles. The number of esters is 1. The lowest BCUT2D eigenvalue weighted by molar-refractivity contribution is 0.0594. The molecule has 7 nitrogen and oxygen atoms in total. The highest BCUT2D eigenvalue weighted by Crippen LogP contribution is 2.02. The monoisotopic (exact) mass is 329 g/mol. The summed E-state index contributed by atoms with van der Waals surface area (Å²) >= 11 is 0. The Morgan fingerprint density at radius 3 is 2.42 bits per heavy atom. The fourth-order valence-electron chi connectivity index (χ4n) is 1.63. The van der Waals surface area contributed by atoms with Crippen LogP contribution in [0.25, 0.3) is 0 Å². The number of nitrogens with zero attached hydrogens (tertiary/aromatic N) is 3. The summed E-state index contributed by atoms with van der Waals surface area (Å²) in [6.07, 6.45) is 2.23. The molecule has 2 rings (SSSR count). The summed E-state index contributed by atoms with van der Waals surface area (Å²) in [5.41, 5.74) is 1.82. The molecule has 0 aliphatic heterocycles. The van der Waals surface area contributed by atoms with Crippen LogP contribution >= 0.6 is 0 Å². The van der Waals surface area contributed by atoms with Crippen molar-refractivity contribution in [3.63, 3.8) is 0 Å². The maximum absolute atomic E-state index is 11.4. The first-order valence-corrected chi connectivity index (χ1v) is 7.01. The van der Waals surface area contributed by atoms with Crippen molar-refractivity contribution in [1.82, 2.24) is 9.97 Å². The molecule has 2 aromatic rings. The van der Waals surface area contributed by atoms with E-state index in [9.17, 15) is 9.59 Å². The number of pyridine rings is 2. The third kappa shape index (κ3) is 6.45. The van der Waals surface area contributed by atoms with Crippen LogP contribution in [0.2, 0.25) is 0 Å². The van der Waals surface area contributed by atoms with Crippen LogP contribution in [-0.2, 0) is 16.0 Å². The highest BCUT2D eigenvalue weighted by Gasteiger charge is 2.06. The van der Waals surface area contributed by atoms with Crippen molar-refractivity contribution in [2.45, 2.75) is 6.54 Å². The van der Waals surface area contributed by atoms with E-state index < -0.39 is 5.97 Å². The minimum absolute atomic E-state index is 0.225. The fourth-order valence-corrected chi connectivity index (χ4v) is 1.63. The first-order valence-electron chi connectivity index (χ1n) is 7.01. The molecule has 0 bridgehead atoms. The predicted octanol–water partition coefficient (Wildman–Crippen LogP) is 1.96. The van der Waals surface area contributed by atoms with Crippen molar-refractivity contribution < 1.29 is 19.1 Å². The molecule has 0 unspecified atom stereocenters. The summed E-state index contributed by atoms with van der Waals surface area (Å²) in [6.45, 7) is 0.325. The summed E-state index contributed by atoms with van der Waals surface area (Å²) in [5, 5.41) is 0. The molecule has 24 heavy (non-hydrogen) atoms. The summed E-state index contributed by atoms with van der Waals surface area (Å²) in [4.78, 5) is 34.4. The maximum atomic E-state index is 11.4. The van der Waals surface area contributed by atoms with E-state index in [-0.39, 0.29) is 5.69 Å². The molecule has 7 heteroatoms. The van der Waals surface area contributed by atoms with Gasteiger partial charge in [0.1, 0.15) is 11.4 Å². The Morgan fingerprint density at radius 1 is 1.08 bits per heavy atom. The molecule has 0 saturated carbocycles. The van der Waals surface area contributed by atoms with Crippen molar-refractivity contribution in [2.24, 2.45) is 4.99 Å². The lowest BCUT2D eigenvalue weighted by Gasteiger charge is -1.99. The molecular weight excluding hydrogens is 310 g/mol. The standard InChI is InChI=1S/C15H13N3O3.C2H6O/c1-21-15(20)14-7-3-5-12(18-14)9-16-8-11-4-2-6-13(10-19)17-11;1-3-2/h2-7,9-10H,8H2,1H3;1-2H3. The van der Waals surface area contributed by atoms with Crippen LogP contribution in [0, 0.1) is 0 Å². The van der Waals surface area contributed by atoms with Gasteiger partial charge in [-0.25, -0.2) is 14.8 Å². The SMILES string of the molecule is COC.COC(=O)c1cccc(C=NCc2cccc(C=O)n2)n1. The van der Waals surface area contributed by atoms with Crippen LogP contribution in [0.3, 0.4) is 0 Å². The van der Waals surface area contributed by atoms with E-state index in [4.69, 9.17) is 0 Å². The summed E-state index contributed by atoms with van der Waals surface area (Å²) in [7, 11) is 4.55. The van der Waals surface area contributed by atoms with Gasteiger partial charge in [0.15, 0.2) is 6.29 Å². The molecule has 2 heterocycles. The van der Waals surface area contributed by atoms with Crippen molar-refractivity contribution in [3.8, 4) is 0 Å². The molecule has 0 spiro atoms. The zero-order valence-corrected chi connectivity index (χ0v) is 13.8. The van der Waals surface area contributed by atoms with Crippen LogP contribution in [0.5, 0.6) is 0 Å². The first kappa shape index (κ1) is 19.1. The highest BCUT2D eigenvalue weighted by atomic mass is 16.5. The Balaban J connectivity index is 0.000000891. The Morgan fingerprint density at radius 2 is 1.75 bits per heavy atom. The minimum Gasteiger partial charge on any atom is -0.464 e. The van der Waals surface area contributed by atoms with Crippen LogP contribution < -0.4 is 0 Å². The molecule has 0 N–H and O–H groups in total. The molecule has 0 aliphatic rings. The molecule has 0 amide bonds. The van der Waals surface area contributed by atoms with Crippen LogP contribution in [-0.4, -0.2) is 49.8 Å². The molecule has 0 saturated heterocycles. The largest absolute Gasteiger partial charge is 0.464 e. The van der Waals surface area contributed by atoms with Gasteiger partial charge in [-0.2, -0.15) is 0 Å². The van der Waals surface area contributed by atoms with E-state index in [0.717, 1.165) is 0 Å². The second-order valence-electron chi connectivity index (χ2n) is 4.49. The van der Waals surface area contributed by atoms with Gasteiger partial charge >= 0.3 is 5.97 Å². The predicted molar refractivity (Wildman–Crippen MR) is 89.4 cm³/mol. The Labute approximate surface area is 140 Å². The molecule has 0 aromatic carbocycles. The number of methoxy groups -OCH3 is 2. The molecule has 0 aliphatic carbocycles. The number of hydrogen-bond donors (Lipinski definition) is 0. The second-order valence-corrected chi connectivity index (χ2v) is 4.49. The van der Waals surface area contributed by atoms with E-state index in [2.05, 4.69) is 24.4 Å². The number of carbonyl (C=O) groups is 2. The van der Waals surface area contributed by atoms with Gasteiger partial charge in [-0.05, 0) is 24.3 Å². The molecule has 0 atom stereocenters. The number of aldehydes is 1. The third-order valence-electron chi connectivity index (χ3n) is 2.59. The zero-order chi connectivity index (χ0) is 17.8. The van der Waals surface area contributed by atoms with E-state index in [1.54, 1.807) is 56.8 Å². The van der Waals surface area contributed by atoms with Gasteiger partial charge in [0.25, 0.3) is 0 Å². The van der Waals surface area contributed by atoms with Crippen LogP contribution in [0.4, 0.5) is 0 Å². The van der Waals surface area contributed by atoms with Gasteiger partial charge < -0.3 is 9.47 Å². The van der Waals surface area contributed by atoms with Gasteiger partial charge in [-0.1, -0.05) is 12.1 Å². The average Bonchev–Trinajstić information content (AvgIpc) is 2.62. The maximum Gasteiger partial charge on any atom is 0.356 e. The van der Waals surface area contributed by atoms with E-state index in [0.29, 0.717) is 29.9 Å². The lowest BCUT2D eigenvalue weighted by Crippen LogP contribution is -2.05. The van der Waals surface area contributed by atoms with E-state index in [1.165, 1.54) is 7.11 Å². The van der Waals surface area contributed by atoms with Crippen molar-refractivity contribution >= 4 is 18.5 Å². The van der Waals surface area contributed by atoms with E-state index in [1.807, 2.05) is 0 Å². The van der Waals surface area contributed by atoms with Crippen LogP contribution in [0.1, 0.15) is 32.4 Å². The molecular formula is C17H19N3O4. The second kappa shape index (κ2) is 10.7. The third-order valence-corrected chi connectivity index (χ3v) is 2.59. The van der Waals surface area contributed by atoms with Crippen LogP contribution in [0.15, 0.2) is 41.4 Å². The minimum atomic E-state index is -0.495. The number of aliphatic imine (C=N–C) groups is 1. The Kier molecular flexibility index (Phi) is 8.55. The van der Waals surface area contributed by atoms with E-state index >= 15 is 0 Å². The van der Waals surface area contributed by atoms with Gasteiger partial charge in [0, 0.05) is 20.4 Å². The first-order chi connectivity index (χ1) is 11.6. The molecule has 0 fully saturated rings. The summed E-state index contributed by atoms with van der Waals surface area (Å²) in [5.74, 6) is -0.495. The molecule has 126 valence electrons. The topological polar surface area (TPSA) is 90.7 Å². The Hall–Kier alpha value is -2.93. The number of carbonyl (C=O) groups excluding carboxylic acids is 2. The Bertz CT molecular complexity index is 702. The number of aromatic nitrogens is 2. The van der Waals surface area contributed by atoms with Crippen molar-refractivity contribution in [2.75, 3.05) is 21.3 Å². The number of ether oxygens (including phenoxy) is 2. The summed E-state index contributed by atoms with van der Waals surface area (Å²) < 4.78 is 8.85. The number of rotatable bonds is 5. The highest BCUT2D eigenvalue weighted by molar-refractivity contribution is 5.88. The quantitative estimate of drug-likeness (QED) is 0.473. The summed E-state index contributed by atoms with van der Waals surface area (Å²) in [6, 6.07) is 10.2. The van der Waals surface area contributed by atoms with Gasteiger partial charge in [0.2, 0.25) is 0 Å². The fraction of sp³-hybridized carbons (Fsp3) is 0.235. The lowest BCUT2D eigenvalue weighted by atomic mass is 10.3. The van der Waals surface area contributed by atoms with Crippen molar-refractivity contribution in [3.05, 3.63) is 59.2 Å². The normalized spacial score (nSPS) is 9.96. The molecule has 0 radical (unpaired) electrons. The number of hydrogen-bond acceptors (Lipinski definition) is 7. The van der Waals surface area contributed by atoms with Gasteiger partial charge in [-0.3, -0.25) is 9.79 Å². The van der Waals surface area contributed by atoms with Gasteiger partial charge in [0.05, 0.1) is 25.0 Å². The van der Waals surface area contributed by atoms with Crippen molar-refractivity contribution in [1.29, 1.82) is 0 Å². The zero-order valence-electron chi connectivity index (χ0n) is 13.8. The van der Waals surface area contributed by atoms with Gasteiger partial charge in [-0.15, -0.1) is 0 Å². The average molecular weight is 329 g/mol.